The summed E-state index contributed by atoms with van der Waals surface area (Å²) in [6.45, 7) is 2.89. The topological polar surface area (TPSA) is 37.4 Å². The van der Waals surface area contributed by atoms with Crippen LogP contribution in [0.3, 0.4) is 0 Å². The van der Waals surface area contributed by atoms with Gasteiger partial charge in [-0.2, -0.15) is 12.6 Å². The molecule has 0 aromatic rings. The number of nitrogens with zero attached hydrogens (tertiary/aromatic N) is 1. The van der Waals surface area contributed by atoms with Crippen LogP contribution in [0.15, 0.2) is 0 Å². The fourth-order valence-electron chi connectivity index (χ4n) is 0.743. The van der Waals surface area contributed by atoms with Crippen molar-refractivity contribution in [3.8, 4) is 0 Å². The molecule has 1 atom stereocenters. The number of thiol groups is 1. The number of carbonyl (C=O) groups excluding carboxylic acids is 2. The Morgan fingerprint density at radius 1 is 1.45 bits per heavy atom. The lowest BCUT2D eigenvalue weighted by molar-refractivity contribution is -0.134. The summed E-state index contributed by atoms with van der Waals surface area (Å²) in [6, 6.07) is -0.379. The number of ketones is 1. The molecular weight excluding hydrogens is 162 g/mol. The average molecular weight is 175 g/mol. The van der Waals surface area contributed by atoms with Gasteiger partial charge in [0.2, 0.25) is 5.91 Å². The third-order valence-electron chi connectivity index (χ3n) is 1.61. The van der Waals surface area contributed by atoms with E-state index >= 15 is 0 Å². The van der Waals surface area contributed by atoms with E-state index in [0.29, 0.717) is 5.75 Å². The molecule has 0 radical (unpaired) electrons. The molecule has 4 heteroatoms. The summed E-state index contributed by atoms with van der Waals surface area (Å²) in [5.74, 6) is 0.239. The minimum Gasteiger partial charge on any atom is -0.335 e. The van der Waals surface area contributed by atoms with Gasteiger partial charge in [-0.3, -0.25) is 9.59 Å². The molecule has 3 nitrogen and oxygen atoms in total. The van der Waals surface area contributed by atoms with Gasteiger partial charge in [0, 0.05) is 19.7 Å². The van der Waals surface area contributed by atoms with Gasteiger partial charge in [-0.15, -0.1) is 0 Å². The van der Waals surface area contributed by atoms with E-state index in [0.717, 1.165) is 0 Å². The monoisotopic (exact) mass is 175 g/mol. The minimum atomic E-state index is -0.379. The number of Topliss-reactive ketones (excluding diaryl/α,β-unsaturated/α-hetero) is 1. The molecule has 1 amide bonds. The normalized spacial score (nSPS) is 12.4. The molecule has 0 N–H and O–H groups in total. The maximum absolute atomic E-state index is 10.9. The van der Waals surface area contributed by atoms with Crippen LogP contribution in [-0.2, 0) is 9.59 Å². The first-order valence-corrected chi connectivity index (χ1v) is 3.98. The van der Waals surface area contributed by atoms with Crippen molar-refractivity contribution in [1.29, 1.82) is 0 Å². The van der Waals surface area contributed by atoms with Gasteiger partial charge in [0.25, 0.3) is 0 Å². The van der Waals surface area contributed by atoms with Crippen LogP contribution < -0.4 is 0 Å². The average Bonchev–Trinajstić information content (AvgIpc) is 1.88. The Hall–Kier alpha value is -0.510. The van der Waals surface area contributed by atoms with Gasteiger partial charge in [-0.25, -0.2) is 0 Å². The van der Waals surface area contributed by atoms with E-state index in [9.17, 15) is 9.59 Å². The van der Waals surface area contributed by atoms with Crippen LogP contribution in [-0.4, -0.2) is 35.4 Å². The summed E-state index contributed by atoms with van der Waals surface area (Å²) < 4.78 is 0. The molecule has 0 aromatic heterocycles. The highest BCUT2D eigenvalue weighted by atomic mass is 32.1. The molecular formula is C7H13NO2S. The second-order valence-electron chi connectivity index (χ2n) is 2.44. The predicted molar refractivity (Wildman–Crippen MR) is 46.8 cm³/mol. The van der Waals surface area contributed by atoms with Crippen molar-refractivity contribution in [3.05, 3.63) is 0 Å². The first-order valence-electron chi connectivity index (χ1n) is 3.35. The molecule has 0 saturated carbocycles. The Bertz CT molecular complexity index is 170. The van der Waals surface area contributed by atoms with Crippen LogP contribution in [0, 0.1) is 0 Å². The quantitative estimate of drug-likeness (QED) is 0.628. The molecule has 0 bridgehead atoms. The van der Waals surface area contributed by atoms with Crippen LogP contribution in [0.2, 0.25) is 0 Å². The van der Waals surface area contributed by atoms with Crippen LogP contribution in [0.25, 0.3) is 0 Å². The Balaban J connectivity index is 4.25. The van der Waals surface area contributed by atoms with E-state index in [1.54, 1.807) is 7.05 Å². The summed E-state index contributed by atoms with van der Waals surface area (Å²) in [6.07, 6.45) is 0. The molecule has 11 heavy (non-hydrogen) atoms. The second-order valence-corrected chi connectivity index (χ2v) is 2.80. The van der Waals surface area contributed by atoms with E-state index in [2.05, 4.69) is 12.6 Å². The van der Waals surface area contributed by atoms with Crippen LogP contribution in [0.4, 0.5) is 0 Å². The number of hydrogen-bond donors (Lipinski definition) is 1. The van der Waals surface area contributed by atoms with Gasteiger partial charge >= 0.3 is 0 Å². The van der Waals surface area contributed by atoms with Crippen molar-refractivity contribution in [2.75, 3.05) is 12.8 Å². The summed E-state index contributed by atoms with van der Waals surface area (Å²) in [7, 11) is 1.60. The lowest BCUT2D eigenvalue weighted by atomic mass is 10.2. The summed E-state index contributed by atoms with van der Waals surface area (Å²) in [4.78, 5) is 23.1. The van der Waals surface area contributed by atoms with Gasteiger partial charge in [-0.1, -0.05) is 0 Å². The van der Waals surface area contributed by atoms with Crippen molar-refractivity contribution in [1.82, 2.24) is 4.90 Å². The van der Waals surface area contributed by atoms with Crippen LogP contribution in [0.5, 0.6) is 0 Å². The summed E-state index contributed by atoms with van der Waals surface area (Å²) in [5.41, 5.74) is 0. The van der Waals surface area contributed by atoms with Crippen molar-refractivity contribution in [3.63, 3.8) is 0 Å². The Labute approximate surface area is 72.2 Å². The molecule has 0 heterocycles. The molecule has 0 rings (SSSR count). The summed E-state index contributed by atoms with van der Waals surface area (Å²) >= 11 is 3.97. The number of amides is 1. The highest BCUT2D eigenvalue weighted by Gasteiger charge is 2.19. The van der Waals surface area contributed by atoms with Crippen LogP contribution >= 0.6 is 12.6 Å². The van der Waals surface area contributed by atoms with E-state index in [1.165, 1.54) is 18.7 Å². The zero-order valence-electron chi connectivity index (χ0n) is 7.00. The number of carbonyl (C=O) groups is 2. The molecule has 64 valence electrons. The molecule has 0 aliphatic carbocycles. The first-order chi connectivity index (χ1) is 5.00. The van der Waals surface area contributed by atoms with E-state index < -0.39 is 0 Å². The zero-order valence-corrected chi connectivity index (χ0v) is 7.89. The van der Waals surface area contributed by atoms with E-state index in [-0.39, 0.29) is 17.7 Å². The van der Waals surface area contributed by atoms with E-state index in [4.69, 9.17) is 0 Å². The fourth-order valence-corrected chi connectivity index (χ4v) is 1.25. The molecule has 0 saturated heterocycles. The van der Waals surface area contributed by atoms with Gasteiger partial charge in [0.15, 0.2) is 5.78 Å². The number of likely N-dealkylation sites (N-methyl/N-ethyl adjacent to an activating group) is 1. The van der Waals surface area contributed by atoms with Gasteiger partial charge < -0.3 is 4.90 Å². The molecule has 0 aromatic carbocycles. The third-order valence-corrected chi connectivity index (χ3v) is 1.95. The van der Waals surface area contributed by atoms with Crippen molar-refractivity contribution in [2.24, 2.45) is 0 Å². The highest BCUT2D eigenvalue weighted by molar-refractivity contribution is 7.80. The van der Waals surface area contributed by atoms with Gasteiger partial charge in [0.05, 0.1) is 6.04 Å². The van der Waals surface area contributed by atoms with Crippen LogP contribution in [0.1, 0.15) is 13.8 Å². The zero-order chi connectivity index (χ0) is 9.02. The molecule has 0 spiro atoms. The Morgan fingerprint density at radius 2 is 1.91 bits per heavy atom. The maximum Gasteiger partial charge on any atom is 0.219 e. The molecule has 0 aliphatic heterocycles. The predicted octanol–water partition coefficient (Wildman–Crippen LogP) is 0.352. The second kappa shape index (κ2) is 4.38. The van der Waals surface area contributed by atoms with E-state index in [1.807, 2.05) is 0 Å². The Kier molecular flexibility index (Phi) is 4.18. The molecule has 0 fully saturated rings. The smallest absolute Gasteiger partial charge is 0.219 e. The first kappa shape index (κ1) is 10.5. The van der Waals surface area contributed by atoms with Gasteiger partial charge in [-0.05, 0) is 6.92 Å². The van der Waals surface area contributed by atoms with Gasteiger partial charge in [0.1, 0.15) is 0 Å². The largest absolute Gasteiger partial charge is 0.335 e. The number of rotatable bonds is 3. The third kappa shape index (κ3) is 2.93. The molecule has 0 aliphatic rings. The number of hydrogen-bond acceptors (Lipinski definition) is 3. The van der Waals surface area contributed by atoms with Crippen molar-refractivity contribution < 1.29 is 9.59 Å². The van der Waals surface area contributed by atoms with Crippen molar-refractivity contribution >= 4 is 24.3 Å². The highest BCUT2D eigenvalue weighted by Crippen LogP contribution is 2.00. The summed E-state index contributed by atoms with van der Waals surface area (Å²) in [5, 5.41) is 0. The lowest BCUT2D eigenvalue weighted by Gasteiger charge is -2.22. The minimum absolute atomic E-state index is 0.0299. The Morgan fingerprint density at radius 3 is 2.00 bits per heavy atom. The maximum atomic E-state index is 10.9. The standard InChI is InChI=1S/C7H13NO2S/c1-5(9)7(4-11)8(3)6(2)10/h7,11H,4H2,1-3H3. The SMILES string of the molecule is CC(=O)C(CS)N(C)C(C)=O. The fraction of sp³-hybridized carbons (Fsp3) is 0.714. The lowest BCUT2D eigenvalue weighted by Crippen LogP contribution is -2.41. The van der Waals surface area contributed by atoms with Crippen molar-refractivity contribution in [2.45, 2.75) is 19.9 Å². The molecule has 1 unspecified atom stereocenters.